The highest BCUT2D eigenvalue weighted by atomic mass is 79.9. The maximum absolute atomic E-state index is 3.54. The summed E-state index contributed by atoms with van der Waals surface area (Å²) in [6, 6.07) is 8.97. The fourth-order valence-corrected chi connectivity index (χ4v) is 1.44. The van der Waals surface area contributed by atoms with E-state index in [4.69, 9.17) is 0 Å². The van der Waals surface area contributed by atoms with Crippen molar-refractivity contribution in [1.82, 2.24) is 5.32 Å². The lowest BCUT2D eigenvalue weighted by molar-refractivity contribution is 0.285. The second-order valence-corrected chi connectivity index (χ2v) is 6.01. The van der Waals surface area contributed by atoms with Crippen molar-refractivity contribution < 1.29 is 0 Å². The first-order valence-corrected chi connectivity index (χ1v) is 6.17. The number of benzene rings is 1. The smallest absolute Gasteiger partial charge is 0.0208 e. The maximum atomic E-state index is 3.54. The minimum absolute atomic E-state index is 0.315. The highest BCUT2D eigenvalue weighted by Crippen LogP contribution is 2.19. The van der Waals surface area contributed by atoms with E-state index in [9.17, 15) is 0 Å². The highest BCUT2D eigenvalue weighted by Gasteiger charge is 2.18. The standard InChI is InChI=1S/C13H20BrN/c1-10(13(2,3)4)15-9-11-5-7-12(14)8-6-11/h5-8,10,15H,9H2,1-4H3. The molecule has 15 heavy (non-hydrogen) atoms. The lowest BCUT2D eigenvalue weighted by Crippen LogP contribution is -2.37. The first-order chi connectivity index (χ1) is 6.89. The summed E-state index contributed by atoms with van der Waals surface area (Å²) in [4.78, 5) is 0. The monoisotopic (exact) mass is 269 g/mol. The Bertz CT molecular complexity index is 297. The summed E-state index contributed by atoms with van der Waals surface area (Å²) < 4.78 is 1.13. The number of hydrogen-bond acceptors (Lipinski definition) is 1. The van der Waals surface area contributed by atoms with Crippen molar-refractivity contribution in [3.8, 4) is 0 Å². The third kappa shape index (κ3) is 4.35. The van der Waals surface area contributed by atoms with Gasteiger partial charge in [-0.05, 0) is 30.0 Å². The fraction of sp³-hybridized carbons (Fsp3) is 0.538. The lowest BCUT2D eigenvalue weighted by Gasteiger charge is -2.28. The van der Waals surface area contributed by atoms with Gasteiger partial charge in [-0.3, -0.25) is 0 Å². The van der Waals surface area contributed by atoms with Crippen LogP contribution in [0.2, 0.25) is 0 Å². The average Bonchev–Trinajstić information content (AvgIpc) is 2.15. The average molecular weight is 270 g/mol. The molecule has 0 heterocycles. The van der Waals surface area contributed by atoms with Crippen molar-refractivity contribution in [2.24, 2.45) is 5.41 Å². The summed E-state index contributed by atoms with van der Waals surface area (Å²) in [5.41, 5.74) is 1.64. The zero-order valence-electron chi connectivity index (χ0n) is 9.97. The number of nitrogens with one attached hydrogen (secondary N) is 1. The van der Waals surface area contributed by atoms with Crippen molar-refractivity contribution in [2.45, 2.75) is 40.3 Å². The summed E-state index contributed by atoms with van der Waals surface area (Å²) in [5, 5.41) is 3.54. The summed E-state index contributed by atoms with van der Waals surface area (Å²) in [6.07, 6.45) is 0. The molecule has 0 fully saturated rings. The normalized spacial score (nSPS) is 13.9. The Morgan fingerprint density at radius 2 is 1.73 bits per heavy atom. The van der Waals surface area contributed by atoms with Crippen molar-refractivity contribution >= 4 is 15.9 Å². The number of halogens is 1. The van der Waals surface area contributed by atoms with E-state index >= 15 is 0 Å². The molecule has 1 unspecified atom stereocenters. The molecule has 1 atom stereocenters. The van der Waals surface area contributed by atoms with Crippen LogP contribution in [-0.4, -0.2) is 6.04 Å². The molecule has 1 N–H and O–H groups in total. The second kappa shape index (κ2) is 5.13. The van der Waals surface area contributed by atoms with Gasteiger partial charge in [0.1, 0.15) is 0 Å². The first-order valence-electron chi connectivity index (χ1n) is 5.37. The molecule has 0 amide bonds. The summed E-state index contributed by atoms with van der Waals surface area (Å²) in [5.74, 6) is 0. The molecule has 1 aromatic rings. The number of rotatable bonds is 3. The van der Waals surface area contributed by atoms with Crippen LogP contribution in [0.1, 0.15) is 33.3 Å². The van der Waals surface area contributed by atoms with Gasteiger partial charge in [-0.15, -0.1) is 0 Å². The van der Waals surface area contributed by atoms with Crippen LogP contribution in [0, 0.1) is 5.41 Å². The predicted molar refractivity (Wildman–Crippen MR) is 69.9 cm³/mol. The topological polar surface area (TPSA) is 12.0 Å². The molecular weight excluding hydrogens is 250 g/mol. The summed E-state index contributed by atoms with van der Waals surface area (Å²) >= 11 is 3.44. The molecule has 0 radical (unpaired) electrons. The predicted octanol–water partition coefficient (Wildman–Crippen LogP) is 3.97. The zero-order chi connectivity index (χ0) is 11.5. The van der Waals surface area contributed by atoms with Crippen LogP contribution in [0.3, 0.4) is 0 Å². The van der Waals surface area contributed by atoms with Crippen molar-refractivity contribution in [2.75, 3.05) is 0 Å². The van der Waals surface area contributed by atoms with Crippen molar-refractivity contribution in [3.05, 3.63) is 34.3 Å². The Morgan fingerprint density at radius 1 is 1.20 bits per heavy atom. The third-order valence-electron chi connectivity index (χ3n) is 2.82. The van der Waals surface area contributed by atoms with Gasteiger partial charge < -0.3 is 5.32 Å². The quantitative estimate of drug-likeness (QED) is 0.876. The van der Waals surface area contributed by atoms with Gasteiger partial charge in [0.05, 0.1) is 0 Å². The Morgan fingerprint density at radius 3 is 2.20 bits per heavy atom. The molecule has 2 heteroatoms. The molecule has 0 aliphatic heterocycles. The highest BCUT2D eigenvalue weighted by molar-refractivity contribution is 9.10. The fourth-order valence-electron chi connectivity index (χ4n) is 1.18. The van der Waals surface area contributed by atoms with E-state index in [1.165, 1.54) is 5.56 Å². The summed E-state index contributed by atoms with van der Waals surface area (Å²) in [7, 11) is 0. The van der Waals surface area contributed by atoms with Gasteiger partial charge in [0.2, 0.25) is 0 Å². The molecule has 0 bridgehead atoms. The largest absolute Gasteiger partial charge is 0.310 e. The summed E-state index contributed by atoms with van der Waals surface area (Å²) in [6.45, 7) is 9.94. The van der Waals surface area contributed by atoms with Crippen LogP contribution in [0.15, 0.2) is 28.7 Å². The van der Waals surface area contributed by atoms with Gasteiger partial charge in [0.15, 0.2) is 0 Å². The van der Waals surface area contributed by atoms with Gasteiger partial charge in [0, 0.05) is 17.1 Å². The molecule has 0 aromatic heterocycles. The van der Waals surface area contributed by atoms with E-state index in [1.54, 1.807) is 0 Å². The van der Waals surface area contributed by atoms with Gasteiger partial charge >= 0.3 is 0 Å². The molecule has 0 saturated carbocycles. The van der Waals surface area contributed by atoms with E-state index < -0.39 is 0 Å². The Kier molecular flexibility index (Phi) is 4.35. The van der Waals surface area contributed by atoms with E-state index in [1.807, 2.05) is 0 Å². The maximum Gasteiger partial charge on any atom is 0.0208 e. The Labute approximate surface area is 101 Å². The van der Waals surface area contributed by atoms with Gasteiger partial charge in [-0.2, -0.15) is 0 Å². The lowest BCUT2D eigenvalue weighted by atomic mass is 9.88. The molecule has 84 valence electrons. The molecule has 1 nitrogen and oxygen atoms in total. The van der Waals surface area contributed by atoms with Crippen LogP contribution < -0.4 is 5.32 Å². The molecule has 0 aliphatic rings. The molecular formula is C13H20BrN. The molecule has 0 aliphatic carbocycles. The molecule has 1 rings (SSSR count). The van der Waals surface area contributed by atoms with Gasteiger partial charge in [0.25, 0.3) is 0 Å². The van der Waals surface area contributed by atoms with Crippen molar-refractivity contribution in [1.29, 1.82) is 0 Å². The zero-order valence-corrected chi connectivity index (χ0v) is 11.6. The Balaban J connectivity index is 2.47. The van der Waals surface area contributed by atoms with Gasteiger partial charge in [-0.25, -0.2) is 0 Å². The minimum Gasteiger partial charge on any atom is -0.310 e. The van der Waals surface area contributed by atoms with Crippen LogP contribution in [-0.2, 0) is 6.54 Å². The van der Waals surface area contributed by atoms with Crippen LogP contribution >= 0.6 is 15.9 Å². The van der Waals surface area contributed by atoms with E-state index in [-0.39, 0.29) is 0 Å². The third-order valence-corrected chi connectivity index (χ3v) is 3.35. The van der Waals surface area contributed by atoms with E-state index in [0.717, 1.165) is 11.0 Å². The van der Waals surface area contributed by atoms with Crippen molar-refractivity contribution in [3.63, 3.8) is 0 Å². The minimum atomic E-state index is 0.315. The van der Waals surface area contributed by atoms with Gasteiger partial charge in [-0.1, -0.05) is 48.8 Å². The molecule has 1 aromatic carbocycles. The Hall–Kier alpha value is -0.340. The van der Waals surface area contributed by atoms with Crippen LogP contribution in [0.25, 0.3) is 0 Å². The van der Waals surface area contributed by atoms with Crippen LogP contribution in [0.4, 0.5) is 0 Å². The van der Waals surface area contributed by atoms with E-state index in [0.29, 0.717) is 11.5 Å². The molecule has 0 saturated heterocycles. The van der Waals surface area contributed by atoms with E-state index in [2.05, 4.69) is 73.2 Å². The second-order valence-electron chi connectivity index (χ2n) is 5.10. The first kappa shape index (κ1) is 12.7. The SMILES string of the molecule is CC(NCc1ccc(Br)cc1)C(C)(C)C. The van der Waals surface area contributed by atoms with Crippen LogP contribution in [0.5, 0.6) is 0 Å². The molecule has 0 spiro atoms. The number of hydrogen-bond donors (Lipinski definition) is 1.